The van der Waals surface area contributed by atoms with Crippen molar-refractivity contribution in [1.82, 2.24) is 15.3 Å². The Labute approximate surface area is 135 Å². The van der Waals surface area contributed by atoms with E-state index in [4.69, 9.17) is 9.90 Å². The molecule has 23 heavy (non-hydrogen) atoms. The van der Waals surface area contributed by atoms with Gasteiger partial charge >= 0.3 is 0 Å². The quantitative estimate of drug-likeness (QED) is 0.765. The fourth-order valence-electron chi connectivity index (χ4n) is 2.43. The molecule has 0 amide bonds. The Kier molecular flexibility index (Phi) is 6.25. The number of carboxylic acid groups (broad SMARTS) is 1. The number of aliphatic hydroxyl groups is 1. The summed E-state index contributed by atoms with van der Waals surface area (Å²) < 4.78 is 0. The highest BCUT2D eigenvalue weighted by Gasteiger charge is 2.15. The molecule has 124 valence electrons. The van der Waals surface area contributed by atoms with Gasteiger partial charge in [0.2, 0.25) is 5.95 Å². The van der Waals surface area contributed by atoms with E-state index in [1.807, 2.05) is 24.3 Å². The molecule has 1 fully saturated rings. The van der Waals surface area contributed by atoms with E-state index in [1.54, 1.807) is 0 Å². The van der Waals surface area contributed by atoms with Crippen molar-refractivity contribution in [2.75, 3.05) is 37.7 Å². The van der Waals surface area contributed by atoms with Crippen molar-refractivity contribution in [3.63, 3.8) is 0 Å². The van der Waals surface area contributed by atoms with E-state index in [1.165, 1.54) is 0 Å². The molecule has 0 saturated carbocycles. The number of aliphatic carboxylic acids is 1. The maximum Gasteiger partial charge on any atom is 0.300 e. The average Bonchev–Trinajstić information content (AvgIpc) is 2.55. The summed E-state index contributed by atoms with van der Waals surface area (Å²) in [7, 11) is 0. The van der Waals surface area contributed by atoms with Gasteiger partial charge in [0.25, 0.3) is 5.97 Å². The molecule has 1 aliphatic heterocycles. The number of carboxylic acids is 1. The fraction of sp³-hybridized carbons (Fsp3) is 0.438. The van der Waals surface area contributed by atoms with E-state index < -0.39 is 5.97 Å². The molecule has 3 N–H and O–H groups in total. The van der Waals surface area contributed by atoms with Crippen LogP contribution in [-0.2, 0) is 11.2 Å². The number of para-hydroxylation sites is 1. The molecular formula is C16H22N4O3. The molecule has 0 atom stereocenters. The minimum atomic E-state index is -0.833. The summed E-state index contributed by atoms with van der Waals surface area (Å²) in [6, 6.07) is 7.99. The van der Waals surface area contributed by atoms with Crippen LogP contribution in [0.25, 0.3) is 10.9 Å². The number of aromatic nitrogens is 2. The normalized spacial score (nSPS) is 14.3. The highest BCUT2D eigenvalue weighted by atomic mass is 16.4. The second-order valence-corrected chi connectivity index (χ2v) is 5.22. The van der Waals surface area contributed by atoms with Gasteiger partial charge in [0, 0.05) is 51.5 Å². The molecule has 3 rings (SSSR count). The number of carbonyl (C=O) groups is 1. The Morgan fingerprint density at radius 3 is 2.57 bits per heavy atom. The molecule has 1 aromatic carbocycles. The predicted octanol–water partition coefficient (Wildman–Crippen LogP) is 0.665. The number of benzene rings is 1. The molecule has 1 aliphatic rings. The number of hydrogen-bond donors (Lipinski definition) is 3. The number of rotatable bonds is 3. The van der Waals surface area contributed by atoms with Gasteiger partial charge in [-0.1, -0.05) is 18.2 Å². The lowest BCUT2D eigenvalue weighted by Crippen LogP contribution is -2.44. The zero-order valence-corrected chi connectivity index (χ0v) is 13.2. The minimum absolute atomic E-state index is 0.113. The Balaban J connectivity index is 0.000000433. The molecule has 0 spiro atoms. The van der Waals surface area contributed by atoms with Crippen molar-refractivity contribution in [3.8, 4) is 0 Å². The Morgan fingerprint density at radius 2 is 1.91 bits per heavy atom. The van der Waals surface area contributed by atoms with Gasteiger partial charge in [-0.3, -0.25) is 4.79 Å². The molecule has 2 heterocycles. The van der Waals surface area contributed by atoms with E-state index >= 15 is 0 Å². The summed E-state index contributed by atoms with van der Waals surface area (Å²) in [5.41, 5.74) is 1.89. The predicted molar refractivity (Wildman–Crippen MR) is 88.7 cm³/mol. The fourth-order valence-corrected chi connectivity index (χ4v) is 2.43. The third kappa shape index (κ3) is 4.87. The lowest BCUT2D eigenvalue weighted by molar-refractivity contribution is -0.134. The van der Waals surface area contributed by atoms with E-state index in [2.05, 4.69) is 20.2 Å². The molecule has 1 aromatic heterocycles. The second-order valence-electron chi connectivity index (χ2n) is 5.22. The number of piperazine rings is 1. The molecule has 0 unspecified atom stereocenters. The SMILES string of the molecule is CC(=O)O.OCCc1nc(N2CCNCC2)nc2ccccc12. The summed E-state index contributed by atoms with van der Waals surface area (Å²) in [5.74, 6) is -0.0522. The third-order valence-corrected chi connectivity index (χ3v) is 3.42. The van der Waals surface area contributed by atoms with Crippen LogP contribution in [-0.4, -0.2) is 58.9 Å². The van der Waals surface area contributed by atoms with Crippen LogP contribution in [0, 0.1) is 0 Å². The van der Waals surface area contributed by atoms with Crippen LogP contribution in [0.4, 0.5) is 5.95 Å². The molecule has 7 nitrogen and oxygen atoms in total. The second kappa shape index (κ2) is 8.40. The zero-order valence-electron chi connectivity index (χ0n) is 13.2. The van der Waals surface area contributed by atoms with Crippen LogP contribution in [0.2, 0.25) is 0 Å². The van der Waals surface area contributed by atoms with Gasteiger partial charge in [0.1, 0.15) is 0 Å². The van der Waals surface area contributed by atoms with Gasteiger partial charge in [-0.05, 0) is 6.07 Å². The van der Waals surface area contributed by atoms with Gasteiger partial charge in [-0.2, -0.15) is 0 Å². The van der Waals surface area contributed by atoms with Crippen LogP contribution >= 0.6 is 0 Å². The summed E-state index contributed by atoms with van der Waals surface area (Å²) in [5, 5.41) is 21.0. The number of hydrogen-bond acceptors (Lipinski definition) is 6. The largest absolute Gasteiger partial charge is 0.481 e. The summed E-state index contributed by atoms with van der Waals surface area (Å²) in [6.45, 7) is 4.98. The zero-order chi connectivity index (χ0) is 16.7. The standard InChI is InChI=1S/C14H18N4O.C2H4O2/c19-10-5-13-11-3-1-2-4-12(11)16-14(17-13)18-8-6-15-7-9-18;1-2(3)4/h1-4,15,19H,5-10H2;1H3,(H,3,4). The Bertz CT molecular complexity index is 653. The number of aliphatic hydroxyl groups excluding tert-OH is 1. The first-order valence-corrected chi connectivity index (χ1v) is 7.63. The highest BCUT2D eigenvalue weighted by Crippen LogP contribution is 2.20. The Morgan fingerprint density at radius 1 is 1.26 bits per heavy atom. The first-order valence-electron chi connectivity index (χ1n) is 7.63. The first-order chi connectivity index (χ1) is 11.1. The van der Waals surface area contributed by atoms with Crippen molar-refractivity contribution >= 4 is 22.8 Å². The van der Waals surface area contributed by atoms with Crippen LogP contribution in [0.1, 0.15) is 12.6 Å². The van der Waals surface area contributed by atoms with Crippen molar-refractivity contribution in [2.45, 2.75) is 13.3 Å². The molecule has 0 radical (unpaired) electrons. The molecular weight excluding hydrogens is 296 g/mol. The van der Waals surface area contributed by atoms with Crippen molar-refractivity contribution in [3.05, 3.63) is 30.0 Å². The number of nitrogens with one attached hydrogen (secondary N) is 1. The van der Waals surface area contributed by atoms with E-state index in [9.17, 15) is 5.11 Å². The van der Waals surface area contributed by atoms with Gasteiger partial charge in [0.05, 0.1) is 11.2 Å². The molecule has 2 aromatic rings. The third-order valence-electron chi connectivity index (χ3n) is 3.42. The minimum Gasteiger partial charge on any atom is -0.481 e. The van der Waals surface area contributed by atoms with Crippen molar-refractivity contribution in [1.29, 1.82) is 0 Å². The van der Waals surface area contributed by atoms with Crippen LogP contribution in [0.3, 0.4) is 0 Å². The summed E-state index contributed by atoms with van der Waals surface area (Å²) >= 11 is 0. The monoisotopic (exact) mass is 318 g/mol. The number of fused-ring (bicyclic) bond motifs is 1. The molecule has 0 aliphatic carbocycles. The number of anilines is 1. The Hall–Kier alpha value is -2.25. The maximum atomic E-state index is 9.20. The number of nitrogens with zero attached hydrogens (tertiary/aromatic N) is 3. The van der Waals surface area contributed by atoms with Gasteiger partial charge < -0.3 is 20.4 Å². The van der Waals surface area contributed by atoms with Crippen molar-refractivity contribution < 1.29 is 15.0 Å². The molecule has 7 heteroatoms. The van der Waals surface area contributed by atoms with Gasteiger partial charge in [-0.15, -0.1) is 0 Å². The van der Waals surface area contributed by atoms with Crippen LogP contribution < -0.4 is 10.2 Å². The molecule has 0 bridgehead atoms. The van der Waals surface area contributed by atoms with Gasteiger partial charge in [-0.25, -0.2) is 9.97 Å². The first kappa shape index (κ1) is 17.1. The van der Waals surface area contributed by atoms with Crippen molar-refractivity contribution in [2.24, 2.45) is 0 Å². The van der Waals surface area contributed by atoms with E-state index in [0.29, 0.717) is 6.42 Å². The van der Waals surface area contributed by atoms with E-state index in [-0.39, 0.29) is 6.61 Å². The van der Waals surface area contributed by atoms with E-state index in [0.717, 1.165) is 55.6 Å². The highest BCUT2D eigenvalue weighted by molar-refractivity contribution is 5.82. The van der Waals surface area contributed by atoms with Crippen LogP contribution in [0.15, 0.2) is 24.3 Å². The average molecular weight is 318 g/mol. The van der Waals surface area contributed by atoms with Gasteiger partial charge in [0.15, 0.2) is 0 Å². The lowest BCUT2D eigenvalue weighted by atomic mass is 10.1. The smallest absolute Gasteiger partial charge is 0.300 e. The molecule has 1 saturated heterocycles. The maximum absolute atomic E-state index is 9.20. The summed E-state index contributed by atoms with van der Waals surface area (Å²) in [4.78, 5) is 20.5. The van der Waals surface area contributed by atoms with Crippen LogP contribution in [0.5, 0.6) is 0 Å². The lowest BCUT2D eigenvalue weighted by Gasteiger charge is -2.27. The topological polar surface area (TPSA) is 98.6 Å². The summed E-state index contributed by atoms with van der Waals surface area (Å²) in [6.07, 6.45) is 0.572.